The summed E-state index contributed by atoms with van der Waals surface area (Å²) in [5, 5.41) is 0. The number of hydrogen-bond acceptors (Lipinski definition) is 3. The Morgan fingerprint density at radius 3 is 2.71 bits per heavy atom. The highest BCUT2D eigenvalue weighted by molar-refractivity contribution is 5.92. The number of rotatable bonds is 1. The number of nitrogens with zero attached hydrogens (tertiary/aromatic N) is 2. The first-order valence-corrected chi connectivity index (χ1v) is 5.35. The minimum absolute atomic E-state index is 0.297. The number of hydrogen-bond donors (Lipinski definition) is 0. The van der Waals surface area contributed by atoms with Gasteiger partial charge in [-0.2, -0.15) is 0 Å². The number of carbonyl (C=O) groups is 1. The zero-order chi connectivity index (χ0) is 10.1. The lowest BCUT2D eigenvalue weighted by atomic mass is 10.1. The molecule has 0 radical (unpaired) electrons. The zero-order valence-corrected chi connectivity index (χ0v) is 8.99. The molecule has 0 aromatic heterocycles. The molecule has 1 heterocycles. The summed E-state index contributed by atoms with van der Waals surface area (Å²) in [7, 11) is 2.15. The van der Waals surface area contributed by atoms with Gasteiger partial charge in [0.15, 0.2) is 5.78 Å². The van der Waals surface area contributed by atoms with Gasteiger partial charge in [0.25, 0.3) is 0 Å². The van der Waals surface area contributed by atoms with Crippen molar-refractivity contribution in [2.24, 2.45) is 0 Å². The molecule has 2 aliphatic rings. The van der Waals surface area contributed by atoms with Gasteiger partial charge in [0.05, 0.1) is 0 Å². The van der Waals surface area contributed by atoms with E-state index < -0.39 is 0 Å². The second kappa shape index (κ2) is 3.73. The molecule has 1 saturated heterocycles. The van der Waals surface area contributed by atoms with E-state index in [0.29, 0.717) is 18.2 Å². The van der Waals surface area contributed by atoms with Crippen molar-refractivity contribution in [3.05, 3.63) is 11.8 Å². The van der Waals surface area contributed by atoms with Crippen LogP contribution in [0.25, 0.3) is 0 Å². The van der Waals surface area contributed by atoms with Crippen LogP contribution >= 0.6 is 0 Å². The molecule has 0 N–H and O–H groups in total. The van der Waals surface area contributed by atoms with Crippen molar-refractivity contribution in [3.8, 4) is 0 Å². The van der Waals surface area contributed by atoms with E-state index in [1.807, 2.05) is 6.08 Å². The van der Waals surface area contributed by atoms with Crippen LogP contribution < -0.4 is 0 Å². The van der Waals surface area contributed by atoms with Crippen LogP contribution in [0.4, 0.5) is 0 Å². The molecular formula is C11H18N2O. The van der Waals surface area contributed by atoms with E-state index in [2.05, 4.69) is 23.8 Å². The molecule has 78 valence electrons. The second-order valence-corrected chi connectivity index (χ2v) is 4.41. The smallest absolute Gasteiger partial charge is 0.157 e. The Balaban J connectivity index is 2.04. The van der Waals surface area contributed by atoms with Gasteiger partial charge in [0.2, 0.25) is 0 Å². The van der Waals surface area contributed by atoms with Gasteiger partial charge in [-0.05, 0) is 20.4 Å². The Hall–Kier alpha value is -0.830. The van der Waals surface area contributed by atoms with Crippen LogP contribution in [0.5, 0.6) is 0 Å². The van der Waals surface area contributed by atoms with Crippen molar-refractivity contribution >= 4 is 5.78 Å². The van der Waals surface area contributed by atoms with Crippen LogP contribution in [0.2, 0.25) is 0 Å². The van der Waals surface area contributed by atoms with Crippen LogP contribution in [0.1, 0.15) is 19.8 Å². The van der Waals surface area contributed by atoms with Crippen molar-refractivity contribution < 1.29 is 4.79 Å². The monoisotopic (exact) mass is 194 g/mol. The van der Waals surface area contributed by atoms with E-state index in [4.69, 9.17) is 0 Å². The third kappa shape index (κ3) is 1.82. The van der Waals surface area contributed by atoms with E-state index >= 15 is 0 Å². The molecular weight excluding hydrogens is 176 g/mol. The minimum atomic E-state index is 0.297. The highest BCUT2D eigenvalue weighted by Gasteiger charge is 2.25. The molecule has 2 rings (SSSR count). The lowest BCUT2D eigenvalue weighted by Crippen LogP contribution is -2.49. The molecule has 1 aliphatic heterocycles. The van der Waals surface area contributed by atoms with Crippen molar-refractivity contribution in [1.29, 1.82) is 0 Å². The van der Waals surface area contributed by atoms with Crippen molar-refractivity contribution in [3.63, 3.8) is 0 Å². The van der Waals surface area contributed by atoms with E-state index in [0.717, 1.165) is 26.1 Å². The Labute approximate surface area is 85.4 Å². The predicted molar refractivity (Wildman–Crippen MR) is 56.0 cm³/mol. The number of piperazine rings is 1. The van der Waals surface area contributed by atoms with Crippen LogP contribution in [0, 0.1) is 0 Å². The molecule has 1 atom stereocenters. The molecule has 1 aliphatic carbocycles. The zero-order valence-electron chi connectivity index (χ0n) is 8.99. The summed E-state index contributed by atoms with van der Waals surface area (Å²) >= 11 is 0. The van der Waals surface area contributed by atoms with Gasteiger partial charge in [-0.15, -0.1) is 0 Å². The van der Waals surface area contributed by atoms with Crippen molar-refractivity contribution in [2.45, 2.75) is 25.8 Å². The Kier molecular flexibility index (Phi) is 2.59. The first kappa shape index (κ1) is 9.71. The molecule has 0 amide bonds. The van der Waals surface area contributed by atoms with Crippen LogP contribution in [0.15, 0.2) is 11.8 Å². The lowest BCUT2D eigenvalue weighted by Gasteiger charge is -2.40. The maximum atomic E-state index is 11.2. The number of allylic oxidation sites excluding steroid dienone is 2. The number of ketones is 1. The lowest BCUT2D eigenvalue weighted by molar-refractivity contribution is -0.114. The van der Waals surface area contributed by atoms with Crippen LogP contribution in [-0.2, 0) is 4.79 Å². The maximum absolute atomic E-state index is 11.2. The average Bonchev–Trinajstić information content (AvgIpc) is 2.51. The molecule has 0 spiro atoms. The normalized spacial score (nSPS) is 29.6. The standard InChI is InChI=1S/C11H18N2O/c1-9-8-12(2)5-6-13(9)10-3-4-11(14)7-10/h7,9H,3-6,8H2,1-2H3. The summed E-state index contributed by atoms with van der Waals surface area (Å²) in [6, 6.07) is 0.547. The van der Waals surface area contributed by atoms with E-state index in [-0.39, 0.29) is 0 Å². The highest BCUT2D eigenvalue weighted by Crippen LogP contribution is 2.23. The maximum Gasteiger partial charge on any atom is 0.157 e. The van der Waals surface area contributed by atoms with E-state index in [9.17, 15) is 4.79 Å². The fourth-order valence-corrected chi connectivity index (χ4v) is 2.37. The van der Waals surface area contributed by atoms with Crippen LogP contribution in [-0.4, -0.2) is 48.3 Å². The second-order valence-electron chi connectivity index (χ2n) is 4.41. The van der Waals surface area contributed by atoms with Gasteiger partial charge in [-0.1, -0.05) is 0 Å². The highest BCUT2D eigenvalue weighted by atomic mass is 16.1. The third-order valence-corrected chi connectivity index (χ3v) is 3.15. The number of carbonyl (C=O) groups excluding carboxylic acids is 1. The Bertz CT molecular complexity index is 272. The summed E-state index contributed by atoms with van der Waals surface area (Å²) in [6.45, 7) is 5.51. The predicted octanol–water partition coefficient (Wildman–Crippen LogP) is 0.869. The molecule has 3 nitrogen and oxygen atoms in total. The van der Waals surface area contributed by atoms with Crippen molar-refractivity contribution in [2.75, 3.05) is 26.7 Å². The van der Waals surface area contributed by atoms with E-state index in [1.165, 1.54) is 5.70 Å². The molecule has 3 heteroatoms. The fourth-order valence-electron chi connectivity index (χ4n) is 2.37. The summed E-state index contributed by atoms with van der Waals surface area (Å²) in [6.07, 6.45) is 3.50. The van der Waals surface area contributed by atoms with Crippen molar-refractivity contribution in [1.82, 2.24) is 9.80 Å². The number of likely N-dealkylation sites (N-methyl/N-ethyl adjacent to an activating group) is 1. The SMILES string of the molecule is CC1CN(C)CCN1C1=CC(=O)CC1. The Morgan fingerprint density at radius 1 is 1.36 bits per heavy atom. The molecule has 0 saturated carbocycles. The first-order valence-electron chi connectivity index (χ1n) is 5.35. The molecule has 0 aromatic carbocycles. The first-order chi connectivity index (χ1) is 6.66. The largest absolute Gasteiger partial charge is 0.369 e. The minimum Gasteiger partial charge on any atom is -0.369 e. The average molecular weight is 194 g/mol. The van der Waals surface area contributed by atoms with Gasteiger partial charge in [-0.3, -0.25) is 4.79 Å². The van der Waals surface area contributed by atoms with Gasteiger partial charge < -0.3 is 9.80 Å². The summed E-state index contributed by atoms with van der Waals surface area (Å²) in [4.78, 5) is 15.9. The summed E-state index contributed by atoms with van der Waals surface area (Å²) < 4.78 is 0. The molecule has 1 unspecified atom stereocenters. The van der Waals surface area contributed by atoms with Gasteiger partial charge in [0, 0.05) is 43.9 Å². The third-order valence-electron chi connectivity index (χ3n) is 3.15. The van der Waals surface area contributed by atoms with Gasteiger partial charge in [-0.25, -0.2) is 0 Å². The Morgan fingerprint density at radius 2 is 2.14 bits per heavy atom. The molecule has 0 aromatic rings. The van der Waals surface area contributed by atoms with E-state index in [1.54, 1.807) is 0 Å². The van der Waals surface area contributed by atoms with Crippen LogP contribution in [0.3, 0.4) is 0 Å². The summed E-state index contributed by atoms with van der Waals surface area (Å²) in [5.41, 5.74) is 1.26. The van der Waals surface area contributed by atoms with Gasteiger partial charge >= 0.3 is 0 Å². The van der Waals surface area contributed by atoms with Gasteiger partial charge in [0.1, 0.15) is 0 Å². The molecule has 14 heavy (non-hydrogen) atoms. The quantitative estimate of drug-likeness (QED) is 0.619. The fraction of sp³-hybridized carbons (Fsp3) is 0.727. The molecule has 0 bridgehead atoms. The summed E-state index contributed by atoms with van der Waals surface area (Å²) in [5.74, 6) is 0.297. The molecule has 1 fully saturated rings. The topological polar surface area (TPSA) is 23.6 Å².